The van der Waals surface area contributed by atoms with Crippen LogP contribution in [-0.4, -0.2) is 18.2 Å². The molecule has 0 atom stereocenters. The van der Waals surface area contributed by atoms with E-state index in [0.717, 1.165) is 59.9 Å². The summed E-state index contributed by atoms with van der Waals surface area (Å²) >= 11 is 3.55. The number of fused-ring (bicyclic) bond motifs is 1. The molecule has 0 radical (unpaired) electrons. The van der Waals surface area contributed by atoms with E-state index in [-0.39, 0.29) is 17.6 Å². The standard InChI is InChI=1S/C17H20BrNO2/c1-11(20)19-8-7-13-9-15(18)14(10-16(13)19)17(21)12-5-3-2-4-6-12/h9-10,12H,2-8H2,1H3. The van der Waals surface area contributed by atoms with Crippen molar-refractivity contribution in [3.8, 4) is 0 Å². The van der Waals surface area contributed by atoms with Crippen molar-refractivity contribution in [1.82, 2.24) is 0 Å². The van der Waals surface area contributed by atoms with Gasteiger partial charge in [0.1, 0.15) is 0 Å². The summed E-state index contributed by atoms with van der Waals surface area (Å²) in [5.41, 5.74) is 2.82. The van der Waals surface area contributed by atoms with Crippen LogP contribution in [0.5, 0.6) is 0 Å². The number of halogens is 1. The van der Waals surface area contributed by atoms with Crippen molar-refractivity contribution in [3.63, 3.8) is 0 Å². The van der Waals surface area contributed by atoms with Crippen molar-refractivity contribution >= 4 is 33.3 Å². The number of anilines is 1. The number of rotatable bonds is 2. The molecule has 3 rings (SSSR count). The van der Waals surface area contributed by atoms with Gasteiger partial charge in [0, 0.05) is 35.1 Å². The van der Waals surface area contributed by atoms with Gasteiger partial charge in [-0.1, -0.05) is 35.2 Å². The Kier molecular flexibility index (Phi) is 4.16. The molecule has 0 N–H and O–H groups in total. The molecule has 3 nitrogen and oxygen atoms in total. The number of carbonyl (C=O) groups excluding carboxylic acids is 2. The third-order valence-corrected chi connectivity index (χ3v) is 5.34. The lowest BCUT2D eigenvalue weighted by atomic mass is 9.83. The number of benzene rings is 1. The van der Waals surface area contributed by atoms with Gasteiger partial charge in [0.2, 0.25) is 5.91 Å². The number of hydrogen-bond donors (Lipinski definition) is 0. The minimum absolute atomic E-state index is 0.0483. The van der Waals surface area contributed by atoms with Gasteiger partial charge in [0.05, 0.1) is 0 Å². The van der Waals surface area contributed by atoms with E-state index in [4.69, 9.17) is 0 Å². The first-order valence-electron chi connectivity index (χ1n) is 7.72. The molecule has 1 saturated carbocycles. The number of hydrogen-bond acceptors (Lipinski definition) is 2. The van der Waals surface area contributed by atoms with Crippen LogP contribution in [0.2, 0.25) is 0 Å². The van der Waals surface area contributed by atoms with Crippen LogP contribution >= 0.6 is 15.9 Å². The smallest absolute Gasteiger partial charge is 0.223 e. The molecule has 1 aromatic rings. The lowest BCUT2D eigenvalue weighted by molar-refractivity contribution is -0.116. The maximum atomic E-state index is 12.8. The monoisotopic (exact) mass is 349 g/mol. The van der Waals surface area contributed by atoms with Gasteiger partial charge >= 0.3 is 0 Å². The van der Waals surface area contributed by atoms with Gasteiger partial charge in [-0.3, -0.25) is 9.59 Å². The zero-order valence-corrected chi connectivity index (χ0v) is 13.9. The molecule has 1 aliphatic carbocycles. The first kappa shape index (κ1) is 14.8. The highest BCUT2D eigenvalue weighted by atomic mass is 79.9. The lowest BCUT2D eigenvalue weighted by Gasteiger charge is -2.22. The molecule has 0 bridgehead atoms. The van der Waals surface area contributed by atoms with Gasteiger partial charge < -0.3 is 4.90 Å². The average molecular weight is 350 g/mol. The number of ketones is 1. The summed E-state index contributed by atoms with van der Waals surface area (Å²) in [6.07, 6.45) is 6.41. The summed E-state index contributed by atoms with van der Waals surface area (Å²) in [5.74, 6) is 0.437. The molecule has 1 aliphatic heterocycles. The van der Waals surface area contributed by atoms with E-state index < -0.39 is 0 Å². The van der Waals surface area contributed by atoms with E-state index in [2.05, 4.69) is 15.9 Å². The highest BCUT2D eigenvalue weighted by Gasteiger charge is 2.28. The Bertz CT molecular complexity index is 591. The highest BCUT2D eigenvalue weighted by Crippen LogP contribution is 2.36. The average Bonchev–Trinajstić information content (AvgIpc) is 2.89. The van der Waals surface area contributed by atoms with Crippen molar-refractivity contribution in [2.24, 2.45) is 5.92 Å². The summed E-state index contributed by atoms with van der Waals surface area (Å²) in [5, 5.41) is 0. The molecule has 0 aromatic heterocycles. The number of nitrogens with zero attached hydrogens (tertiary/aromatic N) is 1. The molecule has 1 fully saturated rings. The maximum Gasteiger partial charge on any atom is 0.223 e. The fourth-order valence-electron chi connectivity index (χ4n) is 3.51. The second-order valence-electron chi connectivity index (χ2n) is 6.08. The Morgan fingerprint density at radius 1 is 1.19 bits per heavy atom. The van der Waals surface area contributed by atoms with Gasteiger partial charge in [-0.2, -0.15) is 0 Å². The molecule has 0 unspecified atom stereocenters. The van der Waals surface area contributed by atoms with Crippen molar-refractivity contribution in [1.29, 1.82) is 0 Å². The van der Waals surface area contributed by atoms with Gasteiger partial charge in [-0.05, 0) is 37.0 Å². The third kappa shape index (κ3) is 2.78. The summed E-state index contributed by atoms with van der Waals surface area (Å²) in [6, 6.07) is 3.94. The minimum atomic E-state index is 0.0483. The Labute approximate surface area is 133 Å². The minimum Gasteiger partial charge on any atom is -0.312 e. The van der Waals surface area contributed by atoms with E-state index in [1.54, 1.807) is 11.8 Å². The van der Waals surface area contributed by atoms with Gasteiger partial charge in [0.15, 0.2) is 5.78 Å². The summed E-state index contributed by atoms with van der Waals surface area (Å²) in [7, 11) is 0. The Morgan fingerprint density at radius 2 is 1.90 bits per heavy atom. The SMILES string of the molecule is CC(=O)N1CCc2cc(Br)c(C(=O)C3CCCCC3)cc21. The zero-order chi connectivity index (χ0) is 15.0. The quantitative estimate of drug-likeness (QED) is 0.753. The van der Waals surface area contributed by atoms with Crippen molar-refractivity contribution < 1.29 is 9.59 Å². The summed E-state index contributed by atoms with van der Waals surface area (Å²) in [4.78, 5) is 26.2. The van der Waals surface area contributed by atoms with Crippen molar-refractivity contribution in [3.05, 3.63) is 27.7 Å². The van der Waals surface area contributed by atoms with E-state index >= 15 is 0 Å². The fourth-order valence-corrected chi connectivity index (χ4v) is 4.09. The summed E-state index contributed by atoms with van der Waals surface area (Å²) in [6.45, 7) is 2.30. The van der Waals surface area contributed by atoms with Crippen LogP contribution in [0.4, 0.5) is 5.69 Å². The van der Waals surface area contributed by atoms with Crippen LogP contribution in [0.1, 0.15) is 54.9 Å². The molecule has 21 heavy (non-hydrogen) atoms. The van der Waals surface area contributed by atoms with Crippen LogP contribution in [0, 0.1) is 5.92 Å². The molecular weight excluding hydrogens is 330 g/mol. The van der Waals surface area contributed by atoms with E-state index in [9.17, 15) is 9.59 Å². The van der Waals surface area contributed by atoms with Crippen LogP contribution < -0.4 is 4.90 Å². The lowest BCUT2D eigenvalue weighted by Crippen LogP contribution is -2.26. The first-order valence-corrected chi connectivity index (χ1v) is 8.52. The Hall–Kier alpha value is -1.16. The van der Waals surface area contributed by atoms with Crippen LogP contribution in [0.25, 0.3) is 0 Å². The van der Waals surface area contributed by atoms with Crippen LogP contribution in [-0.2, 0) is 11.2 Å². The molecule has 1 amide bonds. The highest BCUT2D eigenvalue weighted by molar-refractivity contribution is 9.10. The van der Waals surface area contributed by atoms with Crippen LogP contribution in [0.15, 0.2) is 16.6 Å². The molecule has 2 aliphatic rings. The van der Waals surface area contributed by atoms with Gasteiger partial charge in [-0.25, -0.2) is 0 Å². The topological polar surface area (TPSA) is 37.4 Å². The largest absolute Gasteiger partial charge is 0.312 e. The Morgan fingerprint density at radius 3 is 2.57 bits per heavy atom. The predicted molar refractivity (Wildman–Crippen MR) is 86.8 cm³/mol. The number of carbonyl (C=O) groups is 2. The van der Waals surface area contributed by atoms with E-state index in [1.807, 2.05) is 12.1 Å². The molecule has 1 aromatic carbocycles. The number of Topliss-reactive ketones (excluding diaryl/α,β-unsaturated/α-hetero) is 1. The molecule has 0 saturated heterocycles. The molecule has 4 heteroatoms. The molecule has 0 spiro atoms. The number of amides is 1. The molecule has 1 heterocycles. The van der Waals surface area contributed by atoms with E-state index in [0.29, 0.717) is 0 Å². The molecular formula is C17H20BrNO2. The second-order valence-corrected chi connectivity index (χ2v) is 6.93. The predicted octanol–water partition coefficient (Wildman–Crippen LogP) is 4.12. The third-order valence-electron chi connectivity index (χ3n) is 4.69. The normalized spacial score (nSPS) is 18.7. The van der Waals surface area contributed by atoms with E-state index in [1.165, 1.54) is 6.42 Å². The molecule has 112 valence electrons. The first-order chi connectivity index (χ1) is 10.1. The Balaban J connectivity index is 1.94. The maximum absolute atomic E-state index is 12.8. The van der Waals surface area contributed by atoms with Crippen LogP contribution in [0.3, 0.4) is 0 Å². The van der Waals surface area contributed by atoms with Gasteiger partial charge in [-0.15, -0.1) is 0 Å². The zero-order valence-electron chi connectivity index (χ0n) is 12.3. The van der Waals surface area contributed by atoms with Crippen molar-refractivity contribution in [2.75, 3.05) is 11.4 Å². The fraction of sp³-hybridized carbons (Fsp3) is 0.529. The second kappa shape index (κ2) is 5.91. The van der Waals surface area contributed by atoms with Crippen molar-refractivity contribution in [2.45, 2.75) is 45.4 Å². The summed E-state index contributed by atoms with van der Waals surface area (Å²) < 4.78 is 0.877. The van der Waals surface area contributed by atoms with Gasteiger partial charge in [0.25, 0.3) is 0 Å².